The Kier molecular flexibility index (Phi) is 3.77. The van der Waals surface area contributed by atoms with E-state index >= 15 is 0 Å². The van der Waals surface area contributed by atoms with E-state index in [4.69, 9.17) is 5.73 Å². The minimum absolute atomic E-state index is 0.212. The molecule has 3 nitrogen and oxygen atoms in total. The molecular formula is C12H24N2O. The predicted molar refractivity (Wildman–Crippen MR) is 62.4 cm³/mol. The third-order valence-corrected chi connectivity index (χ3v) is 3.47. The van der Waals surface area contributed by atoms with Crippen LogP contribution in [0.1, 0.15) is 40.5 Å². The van der Waals surface area contributed by atoms with Crippen molar-refractivity contribution in [2.24, 2.45) is 17.1 Å². The lowest BCUT2D eigenvalue weighted by atomic mass is 9.87. The number of rotatable bonds is 2. The molecule has 0 aromatic carbocycles. The van der Waals surface area contributed by atoms with Gasteiger partial charge in [-0.2, -0.15) is 0 Å². The Balaban J connectivity index is 2.73. The SMILES string of the molecule is CC1CCC(C)N(C(=O)C(C)(C)CN)C1. The average molecular weight is 212 g/mol. The fourth-order valence-electron chi connectivity index (χ4n) is 2.05. The maximum absolute atomic E-state index is 12.3. The van der Waals surface area contributed by atoms with Crippen LogP contribution in [0.4, 0.5) is 0 Å². The smallest absolute Gasteiger partial charge is 0.229 e. The minimum atomic E-state index is -0.411. The number of carbonyl (C=O) groups is 1. The molecule has 88 valence electrons. The molecule has 2 atom stereocenters. The van der Waals surface area contributed by atoms with Gasteiger partial charge in [-0.15, -0.1) is 0 Å². The highest BCUT2D eigenvalue weighted by Gasteiger charge is 2.35. The summed E-state index contributed by atoms with van der Waals surface area (Å²) in [5, 5.41) is 0. The van der Waals surface area contributed by atoms with Crippen molar-refractivity contribution in [1.29, 1.82) is 0 Å². The number of piperidine rings is 1. The molecule has 0 radical (unpaired) electrons. The highest BCUT2D eigenvalue weighted by Crippen LogP contribution is 2.26. The molecule has 15 heavy (non-hydrogen) atoms. The monoisotopic (exact) mass is 212 g/mol. The summed E-state index contributed by atoms with van der Waals surface area (Å²) in [6, 6.07) is 0.375. The number of likely N-dealkylation sites (tertiary alicyclic amines) is 1. The predicted octanol–water partition coefficient (Wildman–Crippen LogP) is 1.62. The first-order valence-corrected chi connectivity index (χ1v) is 5.89. The van der Waals surface area contributed by atoms with Gasteiger partial charge < -0.3 is 10.6 Å². The second-order valence-electron chi connectivity index (χ2n) is 5.58. The third-order valence-electron chi connectivity index (χ3n) is 3.47. The summed E-state index contributed by atoms with van der Waals surface area (Å²) in [5.74, 6) is 0.836. The Morgan fingerprint density at radius 2 is 2.00 bits per heavy atom. The first kappa shape index (κ1) is 12.5. The first-order chi connectivity index (χ1) is 6.88. The number of nitrogens with two attached hydrogens (primary N) is 1. The van der Waals surface area contributed by atoms with E-state index in [1.807, 2.05) is 18.7 Å². The van der Waals surface area contributed by atoms with Crippen molar-refractivity contribution >= 4 is 5.91 Å². The van der Waals surface area contributed by atoms with Gasteiger partial charge in [-0.1, -0.05) is 6.92 Å². The van der Waals surface area contributed by atoms with E-state index < -0.39 is 5.41 Å². The molecule has 0 saturated carbocycles. The zero-order valence-corrected chi connectivity index (χ0v) is 10.4. The molecule has 0 aromatic heterocycles. The van der Waals surface area contributed by atoms with Crippen molar-refractivity contribution < 1.29 is 4.79 Å². The van der Waals surface area contributed by atoms with Crippen molar-refractivity contribution in [3.05, 3.63) is 0 Å². The number of nitrogens with zero attached hydrogens (tertiary/aromatic N) is 1. The van der Waals surface area contributed by atoms with E-state index in [0.717, 1.165) is 13.0 Å². The molecule has 0 aliphatic carbocycles. The van der Waals surface area contributed by atoms with E-state index in [0.29, 0.717) is 18.5 Å². The lowest BCUT2D eigenvalue weighted by Gasteiger charge is -2.40. The molecule has 1 aliphatic heterocycles. The van der Waals surface area contributed by atoms with Gasteiger partial charge >= 0.3 is 0 Å². The van der Waals surface area contributed by atoms with Crippen LogP contribution in [0.2, 0.25) is 0 Å². The van der Waals surface area contributed by atoms with Gasteiger partial charge in [-0.05, 0) is 39.5 Å². The Bertz CT molecular complexity index is 238. The van der Waals surface area contributed by atoms with Gasteiger partial charge in [0, 0.05) is 19.1 Å². The van der Waals surface area contributed by atoms with Crippen LogP contribution >= 0.6 is 0 Å². The normalized spacial score (nSPS) is 27.9. The fraction of sp³-hybridized carbons (Fsp3) is 0.917. The van der Waals surface area contributed by atoms with Crippen molar-refractivity contribution in [2.45, 2.75) is 46.6 Å². The maximum Gasteiger partial charge on any atom is 0.229 e. The zero-order chi connectivity index (χ0) is 11.6. The molecule has 1 amide bonds. The quantitative estimate of drug-likeness (QED) is 0.756. The van der Waals surface area contributed by atoms with Gasteiger partial charge in [0.15, 0.2) is 0 Å². The molecule has 3 heteroatoms. The lowest BCUT2D eigenvalue weighted by Crippen LogP contribution is -2.51. The van der Waals surface area contributed by atoms with E-state index in [1.165, 1.54) is 6.42 Å². The average Bonchev–Trinajstić information content (AvgIpc) is 2.20. The highest BCUT2D eigenvalue weighted by molar-refractivity contribution is 5.82. The van der Waals surface area contributed by atoms with Crippen LogP contribution in [0, 0.1) is 11.3 Å². The molecule has 0 spiro atoms. The standard InChI is InChI=1S/C12H24N2O/c1-9-5-6-10(2)14(7-9)11(15)12(3,4)8-13/h9-10H,5-8,13H2,1-4H3. The third kappa shape index (κ3) is 2.71. The Hall–Kier alpha value is -0.570. The maximum atomic E-state index is 12.3. The minimum Gasteiger partial charge on any atom is -0.339 e. The molecule has 1 saturated heterocycles. The summed E-state index contributed by atoms with van der Waals surface area (Å²) in [6.45, 7) is 9.52. The zero-order valence-electron chi connectivity index (χ0n) is 10.4. The van der Waals surface area contributed by atoms with E-state index in [-0.39, 0.29) is 5.91 Å². The summed E-state index contributed by atoms with van der Waals surface area (Å²) < 4.78 is 0. The molecular weight excluding hydrogens is 188 g/mol. The van der Waals surface area contributed by atoms with Crippen molar-refractivity contribution in [1.82, 2.24) is 4.90 Å². The van der Waals surface area contributed by atoms with Gasteiger partial charge in [0.25, 0.3) is 0 Å². The summed E-state index contributed by atoms with van der Waals surface area (Å²) in [7, 11) is 0. The largest absolute Gasteiger partial charge is 0.339 e. The molecule has 2 unspecified atom stereocenters. The molecule has 0 bridgehead atoms. The van der Waals surface area contributed by atoms with Crippen LogP contribution < -0.4 is 5.73 Å². The van der Waals surface area contributed by atoms with Gasteiger partial charge in [0.05, 0.1) is 5.41 Å². The van der Waals surface area contributed by atoms with Crippen LogP contribution in [-0.2, 0) is 4.79 Å². The number of carbonyl (C=O) groups excluding carboxylic acids is 1. The number of amides is 1. The second kappa shape index (κ2) is 4.52. The van der Waals surface area contributed by atoms with Crippen LogP contribution in [0.5, 0.6) is 0 Å². The lowest BCUT2D eigenvalue weighted by molar-refractivity contribution is -0.144. The molecule has 1 aliphatic rings. The highest BCUT2D eigenvalue weighted by atomic mass is 16.2. The van der Waals surface area contributed by atoms with E-state index in [1.54, 1.807) is 0 Å². The Labute approximate surface area is 93.0 Å². The molecule has 1 heterocycles. The van der Waals surface area contributed by atoms with Gasteiger partial charge in [0.1, 0.15) is 0 Å². The van der Waals surface area contributed by atoms with Crippen LogP contribution in [0.3, 0.4) is 0 Å². The van der Waals surface area contributed by atoms with Crippen LogP contribution in [0.15, 0.2) is 0 Å². The van der Waals surface area contributed by atoms with E-state index in [9.17, 15) is 4.79 Å². The van der Waals surface area contributed by atoms with Gasteiger partial charge in [0.2, 0.25) is 5.91 Å². The van der Waals surface area contributed by atoms with Crippen molar-refractivity contribution in [3.63, 3.8) is 0 Å². The van der Waals surface area contributed by atoms with Crippen molar-refractivity contribution in [3.8, 4) is 0 Å². The Morgan fingerprint density at radius 1 is 1.40 bits per heavy atom. The topological polar surface area (TPSA) is 46.3 Å². The van der Waals surface area contributed by atoms with Crippen LogP contribution in [-0.4, -0.2) is 29.9 Å². The number of hydrogen-bond donors (Lipinski definition) is 1. The summed E-state index contributed by atoms with van der Waals surface area (Å²) in [4.78, 5) is 14.3. The summed E-state index contributed by atoms with van der Waals surface area (Å²) in [6.07, 6.45) is 2.35. The van der Waals surface area contributed by atoms with Gasteiger partial charge in [-0.3, -0.25) is 4.79 Å². The molecule has 0 aromatic rings. The van der Waals surface area contributed by atoms with E-state index in [2.05, 4.69) is 13.8 Å². The first-order valence-electron chi connectivity index (χ1n) is 5.89. The summed E-state index contributed by atoms with van der Waals surface area (Å²) in [5.41, 5.74) is 5.24. The molecule has 2 N–H and O–H groups in total. The van der Waals surface area contributed by atoms with Crippen LogP contribution in [0.25, 0.3) is 0 Å². The van der Waals surface area contributed by atoms with Crippen molar-refractivity contribution in [2.75, 3.05) is 13.1 Å². The van der Waals surface area contributed by atoms with Gasteiger partial charge in [-0.25, -0.2) is 0 Å². The molecule has 1 fully saturated rings. The molecule has 1 rings (SSSR count). The summed E-state index contributed by atoms with van der Waals surface area (Å²) >= 11 is 0. The Morgan fingerprint density at radius 3 is 2.53 bits per heavy atom. The second-order valence-corrected chi connectivity index (χ2v) is 5.58. The fourth-order valence-corrected chi connectivity index (χ4v) is 2.05. The number of hydrogen-bond acceptors (Lipinski definition) is 2.